The molecule has 7 nitrogen and oxygen atoms in total. The molecule has 0 aliphatic carbocycles. The fourth-order valence-corrected chi connectivity index (χ4v) is 3.13. The van der Waals surface area contributed by atoms with Gasteiger partial charge in [0.15, 0.2) is 0 Å². The summed E-state index contributed by atoms with van der Waals surface area (Å²) in [5.74, 6) is -1.20. The van der Waals surface area contributed by atoms with E-state index in [2.05, 4.69) is 16.8 Å². The molecule has 0 spiro atoms. The zero-order valence-electron chi connectivity index (χ0n) is 14.7. The summed E-state index contributed by atoms with van der Waals surface area (Å²) >= 11 is 0. The van der Waals surface area contributed by atoms with Crippen LogP contribution in [0.3, 0.4) is 0 Å². The molecule has 2 aliphatic rings. The van der Waals surface area contributed by atoms with E-state index in [-0.39, 0.29) is 6.61 Å². The Kier molecular flexibility index (Phi) is 6.80. The number of hydrogen-bond donors (Lipinski definition) is 0. The second-order valence-electron chi connectivity index (χ2n) is 6.80. The van der Waals surface area contributed by atoms with Crippen molar-refractivity contribution in [3.05, 3.63) is 0 Å². The number of rotatable bonds is 4. The maximum Gasteiger partial charge on any atom is 0.397 e. The predicted octanol–water partition coefficient (Wildman–Crippen LogP) is -0.670. The smallest absolute Gasteiger partial charge is 0.397 e. The number of carbonyl (C=O) groups is 2. The van der Waals surface area contributed by atoms with E-state index in [1.165, 1.54) is 0 Å². The van der Waals surface area contributed by atoms with Gasteiger partial charge in [-0.15, -0.1) is 0 Å². The van der Waals surface area contributed by atoms with Crippen molar-refractivity contribution in [2.45, 2.75) is 18.9 Å². The highest BCUT2D eigenvalue weighted by atomic mass is 16.5. The van der Waals surface area contributed by atoms with E-state index in [1.54, 1.807) is 4.90 Å². The Morgan fingerprint density at radius 3 is 2.22 bits per heavy atom. The average Bonchev–Trinajstić information content (AvgIpc) is 2.54. The normalized spacial score (nSPS) is 21.7. The third-order valence-electron chi connectivity index (χ3n) is 4.75. The number of likely N-dealkylation sites (tertiary alicyclic amines) is 1. The molecule has 2 saturated heterocycles. The molecular formula is C16H30N4O3. The SMILES string of the molecule is CN(C)CCOC(=O)C(=O)N1CCC(N2CCN(C)CC2)CC1. The van der Waals surface area contributed by atoms with Crippen molar-refractivity contribution >= 4 is 11.9 Å². The van der Waals surface area contributed by atoms with E-state index >= 15 is 0 Å². The molecule has 23 heavy (non-hydrogen) atoms. The quantitative estimate of drug-likeness (QED) is 0.504. The minimum Gasteiger partial charge on any atom is -0.457 e. The predicted molar refractivity (Wildman–Crippen MR) is 88.2 cm³/mol. The van der Waals surface area contributed by atoms with Gasteiger partial charge in [0.25, 0.3) is 0 Å². The van der Waals surface area contributed by atoms with Gasteiger partial charge in [0.1, 0.15) is 6.61 Å². The summed E-state index contributed by atoms with van der Waals surface area (Å²) in [5, 5.41) is 0. The van der Waals surface area contributed by atoms with Crippen LogP contribution in [0.15, 0.2) is 0 Å². The first-order valence-electron chi connectivity index (χ1n) is 8.50. The van der Waals surface area contributed by atoms with Crippen LogP contribution in [0.25, 0.3) is 0 Å². The molecule has 2 rings (SSSR count). The van der Waals surface area contributed by atoms with Gasteiger partial charge in [-0.05, 0) is 34.0 Å². The Bertz CT molecular complexity index is 400. The van der Waals surface area contributed by atoms with E-state index in [0.29, 0.717) is 25.7 Å². The maximum absolute atomic E-state index is 12.1. The number of nitrogens with zero attached hydrogens (tertiary/aromatic N) is 4. The van der Waals surface area contributed by atoms with Crippen LogP contribution in [-0.2, 0) is 14.3 Å². The topological polar surface area (TPSA) is 56.3 Å². The van der Waals surface area contributed by atoms with E-state index in [9.17, 15) is 9.59 Å². The lowest BCUT2D eigenvalue weighted by Gasteiger charge is -2.41. The number of ether oxygens (including phenoxy) is 1. The molecule has 0 radical (unpaired) electrons. The first-order chi connectivity index (χ1) is 11.0. The van der Waals surface area contributed by atoms with Gasteiger partial charge in [-0.1, -0.05) is 0 Å². The summed E-state index contributed by atoms with van der Waals surface area (Å²) in [7, 11) is 5.96. The molecule has 0 atom stereocenters. The summed E-state index contributed by atoms with van der Waals surface area (Å²) < 4.78 is 5.04. The monoisotopic (exact) mass is 326 g/mol. The van der Waals surface area contributed by atoms with Crippen molar-refractivity contribution in [2.24, 2.45) is 0 Å². The Morgan fingerprint density at radius 1 is 1.04 bits per heavy atom. The van der Waals surface area contributed by atoms with Crippen molar-refractivity contribution in [1.82, 2.24) is 19.6 Å². The number of likely N-dealkylation sites (N-methyl/N-ethyl adjacent to an activating group) is 2. The molecule has 2 aliphatic heterocycles. The molecule has 2 heterocycles. The molecule has 0 aromatic heterocycles. The van der Waals surface area contributed by atoms with Crippen LogP contribution in [-0.4, -0.2) is 111 Å². The van der Waals surface area contributed by atoms with E-state index in [0.717, 1.165) is 39.0 Å². The van der Waals surface area contributed by atoms with Gasteiger partial charge in [0.05, 0.1) is 0 Å². The van der Waals surface area contributed by atoms with Crippen molar-refractivity contribution in [2.75, 3.05) is 73.6 Å². The maximum atomic E-state index is 12.1. The highest BCUT2D eigenvalue weighted by molar-refractivity contribution is 6.32. The lowest BCUT2D eigenvalue weighted by atomic mass is 10.0. The van der Waals surface area contributed by atoms with Crippen LogP contribution < -0.4 is 0 Å². The van der Waals surface area contributed by atoms with Crippen molar-refractivity contribution in [1.29, 1.82) is 0 Å². The summed E-state index contributed by atoms with van der Waals surface area (Å²) in [5.41, 5.74) is 0. The van der Waals surface area contributed by atoms with Crippen LogP contribution in [0.5, 0.6) is 0 Å². The Balaban J connectivity index is 1.71. The molecule has 0 unspecified atom stereocenters. The summed E-state index contributed by atoms with van der Waals surface area (Å²) in [4.78, 5) is 32.3. The number of piperidine rings is 1. The van der Waals surface area contributed by atoms with E-state index in [1.807, 2.05) is 19.0 Å². The highest BCUT2D eigenvalue weighted by Crippen LogP contribution is 2.18. The Morgan fingerprint density at radius 2 is 1.65 bits per heavy atom. The molecule has 1 amide bonds. The average molecular weight is 326 g/mol. The number of esters is 1. The van der Waals surface area contributed by atoms with Crippen molar-refractivity contribution < 1.29 is 14.3 Å². The molecule has 7 heteroatoms. The second kappa shape index (κ2) is 8.61. The van der Waals surface area contributed by atoms with E-state index < -0.39 is 11.9 Å². The third kappa shape index (κ3) is 5.44. The molecule has 132 valence electrons. The van der Waals surface area contributed by atoms with Gasteiger partial charge >= 0.3 is 11.9 Å². The number of piperazine rings is 1. The number of hydrogen-bond acceptors (Lipinski definition) is 6. The van der Waals surface area contributed by atoms with Crippen LogP contribution in [0.2, 0.25) is 0 Å². The minimum absolute atomic E-state index is 0.259. The molecular weight excluding hydrogens is 296 g/mol. The molecule has 2 fully saturated rings. The third-order valence-corrected chi connectivity index (χ3v) is 4.75. The van der Waals surface area contributed by atoms with Crippen molar-refractivity contribution in [3.63, 3.8) is 0 Å². The Hall–Kier alpha value is -1.18. The Labute approximate surface area is 139 Å². The number of amides is 1. The summed E-state index contributed by atoms with van der Waals surface area (Å²) in [6.45, 7) is 6.61. The lowest BCUT2D eigenvalue weighted by molar-refractivity contribution is -0.161. The van der Waals surface area contributed by atoms with Gasteiger partial charge in [-0.3, -0.25) is 9.69 Å². The largest absolute Gasteiger partial charge is 0.457 e. The fraction of sp³-hybridized carbons (Fsp3) is 0.875. The van der Waals surface area contributed by atoms with Crippen molar-refractivity contribution in [3.8, 4) is 0 Å². The fourth-order valence-electron chi connectivity index (χ4n) is 3.13. The molecule has 0 aromatic rings. The first kappa shape index (κ1) is 18.2. The van der Waals surface area contributed by atoms with Gasteiger partial charge in [0, 0.05) is 51.9 Å². The van der Waals surface area contributed by atoms with Gasteiger partial charge in [0.2, 0.25) is 0 Å². The minimum atomic E-state index is -0.718. The highest BCUT2D eigenvalue weighted by Gasteiger charge is 2.31. The van der Waals surface area contributed by atoms with E-state index in [4.69, 9.17) is 4.74 Å². The second-order valence-corrected chi connectivity index (χ2v) is 6.80. The molecule has 0 saturated carbocycles. The number of carbonyl (C=O) groups excluding carboxylic acids is 2. The zero-order valence-corrected chi connectivity index (χ0v) is 14.7. The zero-order chi connectivity index (χ0) is 16.8. The van der Waals surface area contributed by atoms with Crippen LogP contribution in [0.4, 0.5) is 0 Å². The van der Waals surface area contributed by atoms with Gasteiger partial charge < -0.3 is 19.4 Å². The lowest BCUT2D eigenvalue weighted by Crippen LogP contribution is -2.53. The van der Waals surface area contributed by atoms with Gasteiger partial charge in [-0.25, -0.2) is 4.79 Å². The van der Waals surface area contributed by atoms with Crippen LogP contribution in [0.1, 0.15) is 12.8 Å². The summed E-state index contributed by atoms with van der Waals surface area (Å²) in [6, 6.07) is 0.539. The molecule has 0 aromatic carbocycles. The standard InChI is InChI=1S/C16H30N4O3/c1-17(2)12-13-23-16(22)15(21)20-6-4-14(5-7-20)19-10-8-18(3)9-11-19/h14H,4-13H2,1-3H3. The van der Waals surface area contributed by atoms with Gasteiger partial charge in [-0.2, -0.15) is 0 Å². The molecule has 0 N–H and O–H groups in total. The van der Waals surface area contributed by atoms with Crippen LogP contribution in [0, 0.1) is 0 Å². The molecule has 0 bridgehead atoms. The summed E-state index contributed by atoms with van der Waals surface area (Å²) in [6.07, 6.45) is 1.89. The van der Waals surface area contributed by atoms with Crippen LogP contribution >= 0.6 is 0 Å². The first-order valence-corrected chi connectivity index (χ1v) is 8.50.